The van der Waals surface area contributed by atoms with E-state index in [2.05, 4.69) is 21.3 Å². The maximum absolute atomic E-state index is 11.5. The molecule has 0 spiro atoms. The predicted octanol–water partition coefficient (Wildman–Crippen LogP) is 2.93. The van der Waals surface area contributed by atoms with E-state index in [4.69, 9.17) is 4.74 Å². The van der Waals surface area contributed by atoms with Gasteiger partial charge in [0.2, 0.25) is 5.13 Å². The summed E-state index contributed by atoms with van der Waals surface area (Å²) in [6.45, 7) is 3.76. The van der Waals surface area contributed by atoms with Crippen LogP contribution in [-0.2, 0) is 11.3 Å². The molecule has 0 saturated carbocycles. The minimum absolute atomic E-state index is 0.222. The number of anilines is 1. The Bertz CT molecular complexity index is 539. The lowest BCUT2D eigenvalue weighted by atomic mass is 10.2. The quantitative estimate of drug-likeness (QED) is 0.919. The second-order valence-corrected chi connectivity index (χ2v) is 4.10. The number of carbonyl (C=O) groups excluding carboxylic acids is 1. The SMILES string of the molecule is C=Cc1nsc(NC(=O)OCc2ccccc2)n1. The van der Waals surface area contributed by atoms with Crippen LogP contribution in [0.4, 0.5) is 9.93 Å². The highest BCUT2D eigenvalue weighted by atomic mass is 32.1. The van der Waals surface area contributed by atoms with Crippen molar-refractivity contribution in [2.45, 2.75) is 6.61 Å². The van der Waals surface area contributed by atoms with E-state index in [-0.39, 0.29) is 6.61 Å². The molecule has 1 amide bonds. The number of ether oxygens (including phenoxy) is 1. The van der Waals surface area contributed by atoms with Crippen molar-refractivity contribution in [3.63, 3.8) is 0 Å². The van der Waals surface area contributed by atoms with Crippen LogP contribution in [-0.4, -0.2) is 15.5 Å². The van der Waals surface area contributed by atoms with Gasteiger partial charge < -0.3 is 4.74 Å². The number of nitrogens with zero attached hydrogens (tertiary/aromatic N) is 2. The van der Waals surface area contributed by atoms with Crippen LogP contribution in [0.3, 0.4) is 0 Å². The average molecular weight is 261 g/mol. The van der Waals surface area contributed by atoms with Crippen molar-refractivity contribution in [3.8, 4) is 0 Å². The van der Waals surface area contributed by atoms with Gasteiger partial charge in [-0.25, -0.2) is 4.79 Å². The Hall–Kier alpha value is -2.21. The van der Waals surface area contributed by atoms with Crippen LogP contribution in [0.5, 0.6) is 0 Å². The molecule has 0 bridgehead atoms. The van der Waals surface area contributed by atoms with E-state index in [1.54, 1.807) is 0 Å². The zero-order chi connectivity index (χ0) is 12.8. The number of hydrogen-bond donors (Lipinski definition) is 1. The molecule has 0 aliphatic carbocycles. The van der Waals surface area contributed by atoms with Gasteiger partial charge in [0.05, 0.1) is 0 Å². The fraction of sp³-hybridized carbons (Fsp3) is 0.0833. The van der Waals surface area contributed by atoms with Gasteiger partial charge in [0.25, 0.3) is 0 Å². The van der Waals surface area contributed by atoms with Crippen LogP contribution in [0.2, 0.25) is 0 Å². The molecule has 1 aromatic carbocycles. The molecule has 92 valence electrons. The first kappa shape index (κ1) is 12.3. The molecule has 0 fully saturated rings. The highest BCUT2D eigenvalue weighted by Gasteiger charge is 2.07. The summed E-state index contributed by atoms with van der Waals surface area (Å²) in [5.74, 6) is 0.485. The normalized spacial score (nSPS) is 9.78. The van der Waals surface area contributed by atoms with Gasteiger partial charge in [-0.3, -0.25) is 5.32 Å². The third-order valence-electron chi connectivity index (χ3n) is 2.05. The topological polar surface area (TPSA) is 64.1 Å². The molecule has 0 atom stereocenters. The molecule has 0 aliphatic rings. The summed E-state index contributed by atoms with van der Waals surface area (Å²) in [6.07, 6.45) is 0.961. The Labute approximate surface area is 108 Å². The van der Waals surface area contributed by atoms with Crippen molar-refractivity contribution in [3.05, 3.63) is 48.3 Å². The summed E-state index contributed by atoms with van der Waals surface area (Å²) in [7, 11) is 0. The number of amides is 1. The predicted molar refractivity (Wildman–Crippen MR) is 70.2 cm³/mol. The second-order valence-electron chi connectivity index (χ2n) is 3.35. The fourth-order valence-corrected chi connectivity index (χ4v) is 1.77. The Morgan fingerprint density at radius 3 is 2.89 bits per heavy atom. The van der Waals surface area contributed by atoms with Crippen LogP contribution in [0.1, 0.15) is 11.4 Å². The molecule has 1 aromatic heterocycles. The van der Waals surface area contributed by atoms with E-state index >= 15 is 0 Å². The van der Waals surface area contributed by atoms with Crippen LogP contribution in [0.15, 0.2) is 36.9 Å². The first-order chi connectivity index (χ1) is 8.78. The van der Waals surface area contributed by atoms with Crippen LogP contribution >= 0.6 is 11.5 Å². The van der Waals surface area contributed by atoms with Crippen molar-refractivity contribution >= 4 is 28.8 Å². The van der Waals surface area contributed by atoms with E-state index in [9.17, 15) is 4.79 Å². The Kier molecular flexibility index (Phi) is 4.03. The van der Waals surface area contributed by atoms with Gasteiger partial charge in [-0.2, -0.15) is 9.36 Å². The minimum Gasteiger partial charge on any atom is -0.444 e. The molecule has 2 aromatic rings. The molecule has 2 rings (SSSR count). The van der Waals surface area contributed by atoms with Crippen molar-refractivity contribution in [2.24, 2.45) is 0 Å². The first-order valence-electron chi connectivity index (χ1n) is 5.22. The van der Waals surface area contributed by atoms with Crippen LogP contribution in [0, 0.1) is 0 Å². The lowest BCUT2D eigenvalue weighted by Crippen LogP contribution is -2.13. The van der Waals surface area contributed by atoms with Gasteiger partial charge in [-0.05, 0) is 11.6 Å². The number of hydrogen-bond acceptors (Lipinski definition) is 5. The van der Waals surface area contributed by atoms with E-state index in [1.165, 1.54) is 6.08 Å². The minimum atomic E-state index is -0.550. The molecule has 0 unspecified atom stereocenters. The summed E-state index contributed by atoms with van der Waals surface area (Å²) in [5.41, 5.74) is 0.927. The third-order valence-corrected chi connectivity index (χ3v) is 2.69. The van der Waals surface area contributed by atoms with E-state index in [1.807, 2.05) is 30.3 Å². The fourth-order valence-electron chi connectivity index (χ4n) is 1.22. The van der Waals surface area contributed by atoms with Gasteiger partial charge in [-0.15, -0.1) is 0 Å². The first-order valence-corrected chi connectivity index (χ1v) is 5.99. The molecule has 18 heavy (non-hydrogen) atoms. The summed E-state index contributed by atoms with van der Waals surface area (Å²) >= 11 is 1.08. The summed E-state index contributed by atoms with van der Waals surface area (Å²) in [6, 6.07) is 9.44. The van der Waals surface area contributed by atoms with Crippen LogP contribution in [0.25, 0.3) is 6.08 Å². The summed E-state index contributed by atoms with van der Waals surface area (Å²) < 4.78 is 8.99. The summed E-state index contributed by atoms with van der Waals surface area (Å²) in [5, 5.41) is 2.89. The Balaban J connectivity index is 1.84. The molecule has 6 heteroatoms. The molecular formula is C12H11N3O2S. The monoisotopic (exact) mass is 261 g/mol. The number of nitrogens with one attached hydrogen (secondary N) is 1. The van der Waals surface area contributed by atoms with Gasteiger partial charge in [0.15, 0.2) is 5.82 Å². The lowest BCUT2D eigenvalue weighted by molar-refractivity contribution is 0.155. The lowest BCUT2D eigenvalue weighted by Gasteiger charge is -2.04. The van der Waals surface area contributed by atoms with Crippen molar-refractivity contribution in [1.29, 1.82) is 0 Å². The zero-order valence-corrected chi connectivity index (χ0v) is 10.3. The zero-order valence-electron chi connectivity index (χ0n) is 9.50. The molecule has 5 nitrogen and oxygen atoms in total. The van der Waals surface area contributed by atoms with Crippen molar-refractivity contribution in [2.75, 3.05) is 5.32 Å². The smallest absolute Gasteiger partial charge is 0.413 e. The number of aromatic nitrogens is 2. The van der Waals surface area contributed by atoms with Crippen molar-refractivity contribution in [1.82, 2.24) is 9.36 Å². The summed E-state index contributed by atoms with van der Waals surface area (Å²) in [4.78, 5) is 15.5. The van der Waals surface area contributed by atoms with E-state index in [0.29, 0.717) is 11.0 Å². The maximum atomic E-state index is 11.5. The maximum Gasteiger partial charge on any atom is 0.413 e. The highest BCUT2D eigenvalue weighted by Crippen LogP contribution is 2.12. The standard InChI is InChI=1S/C12H11N3O2S/c1-2-10-13-11(18-15-10)14-12(16)17-8-9-6-4-3-5-7-9/h2-7H,1,8H2,(H,13,14,15,16). The third kappa shape index (κ3) is 3.39. The molecule has 0 aliphatic heterocycles. The molecule has 1 N–H and O–H groups in total. The van der Waals surface area contributed by atoms with Gasteiger partial charge >= 0.3 is 6.09 Å². The number of rotatable bonds is 4. The second kappa shape index (κ2) is 5.92. The van der Waals surface area contributed by atoms with Gasteiger partial charge in [0, 0.05) is 11.5 Å². The Morgan fingerprint density at radius 2 is 2.22 bits per heavy atom. The number of carbonyl (C=O) groups is 1. The van der Waals surface area contributed by atoms with Gasteiger partial charge in [0.1, 0.15) is 6.61 Å². The number of benzene rings is 1. The molecule has 1 heterocycles. The molecule has 0 saturated heterocycles. The molecular weight excluding hydrogens is 250 g/mol. The van der Waals surface area contributed by atoms with E-state index < -0.39 is 6.09 Å². The van der Waals surface area contributed by atoms with E-state index in [0.717, 1.165) is 17.1 Å². The van der Waals surface area contributed by atoms with Crippen molar-refractivity contribution < 1.29 is 9.53 Å². The average Bonchev–Trinajstić information content (AvgIpc) is 2.85. The van der Waals surface area contributed by atoms with Crippen LogP contribution < -0.4 is 5.32 Å². The van der Waals surface area contributed by atoms with Gasteiger partial charge in [-0.1, -0.05) is 36.9 Å². The molecule has 0 radical (unpaired) electrons. The highest BCUT2D eigenvalue weighted by molar-refractivity contribution is 7.09. The Morgan fingerprint density at radius 1 is 1.44 bits per heavy atom. The largest absolute Gasteiger partial charge is 0.444 e.